The van der Waals surface area contributed by atoms with Gasteiger partial charge in [-0.3, -0.25) is 19.0 Å². The van der Waals surface area contributed by atoms with Gasteiger partial charge in [0.15, 0.2) is 5.58 Å². The first-order valence-electron chi connectivity index (χ1n) is 7.79. The van der Waals surface area contributed by atoms with Crippen molar-refractivity contribution in [3.05, 3.63) is 55.0 Å². The molecule has 0 unspecified atom stereocenters. The standard InChI is InChI=1S/C17H15ClIN3O5/c1-22-15(20-12-3-2-9(19)8-11(12)18)13(16(24)21-27-7-5-23)14-10(17(22)25)4-6-26-14/h2-4,6,8,20,23H,5,7H2,1H3,(H,21,24). The Morgan fingerprint density at radius 1 is 1.41 bits per heavy atom. The third-order valence-corrected chi connectivity index (χ3v) is 4.75. The predicted octanol–water partition coefficient (Wildman–Crippen LogP) is 2.79. The highest BCUT2D eigenvalue weighted by molar-refractivity contribution is 14.1. The second kappa shape index (κ2) is 8.30. The Kier molecular flexibility index (Phi) is 6.05. The van der Waals surface area contributed by atoms with Crippen LogP contribution in [0.25, 0.3) is 11.0 Å². The molecule has 3 N–H and O–H groups in total. The second-order valence-electron chi connectivity index (χ2n) is 5.50. The summed E-state index contributed by atoms with van der Waals surface area (Å²) >= 11 is 8.40. The third kappa shape index (κ3) is 3.95. The summed E-state index contributed by atoms with van der Waals surface area (Å²) in [4.78, 5) is 30.2. The topological polar surface area (TPSA) is 106 Å². The van der Waals surface area contributed by atoms with Gasteiger partial charge in [0.1, 0.15) is 11.4 Å². The van der Waals surface area contributed by atoms with E-state index in [0.717, 1.165) is 3.57 Å². The number of pyridine rings is 1. The van der Waals surface area contributed by atoms with Crippen LogP contribution in [0, 0.1) is 3.57 Å². The first-order valence-corrected chi connectivity index (χ1v) is 9.25. The van der Waals surface area contributed by atoms with Gasteiger partial charge >= 0.3 is 0 Å². The Labute approximate surface area is 172 Å². The molecule has 0 atom stereocenters. The van der Waals surface area contributed by atoms with Crippen LogP contribution in [0.15, 0.2) is 39.7 Å². The van der Waals surface area contributed by atoms with Crippen molar-refractivity contribution in [2.75, 3.05) is 18.5 Å². The molecule has 8 nitrogen and oxygen atoms in total. The maximum Gasteiger partial charge on any atom is 0.282 e. The monoisotopic (exact) mass is 503 g/mol. The zero-order valence-corrected chi connectivity index (χ0v) is 17.0. The van der Waals surface area contributed by atoms with Crippen LogP contribution in [0.2, 0.25) is 5.02 Å². The van der Waals surface area contributed by atoms with Gasteiger partial charge in [0.25, 0.3) is 11.5 Å². The van der Waals surface area contributed by atoms with Crippen molar-refractivity contribution in [3.63, 3.8) is 0 Å². The molecule has 0 radical (unpaired) electrons. The Bertz CT molecular complexity index is 1060. The largest absolute Gasteiger partial charge is 0.463 e. The van der Waals surface area contributed by atoms with Crippen LogP contribution in [-0.2, 0) is 11.9 Å². The highest BCUT2D eigenvalue weighted by Crippen LogP contribution is 2.31. The first kappa shape index (κ1) is 19.7. The molecule has 0 saturated carbocycles. The number of aliphatic hydroxyl groups excluding tert-OH is 1. The number of rotatable bonds is 6. The van der Waals surface area contributed by atoms with Crippen LogP contribution in [0.1, 0.15) is 10.4 Å². The molecule has 2 aromatic heterocycles. The van der Waals surface area contributed by atoms with Gasteiger partial charge in [-0.05, 0) is 46.9 Å². The molecule has 0 aliphatic heterocycles. The molecule has 0 saturated heterocycles. The van der Waals surface area contributed by atoms with Gasteiger partial charge in [0.2, 0.25) is 0 Å². The summed E-state index contributed by atoms with van der Waals surface area (Å²) in [5.41, 5.74) is 2.60. The summed E-state index contributed by atoms with van der Waals surface area (Å²) in [5, 5.41) is 12.5. The Morgan fingerprint density at radius 2 is 2.19 bits per heavy atom. The molecular weight excluding hydrogens is 489 g/mol. The number of hydrogen-bond acceptors (Lipinski definition) is 6. The van der Waals surface area contributed by atoms with E-state index < -0.39 is 5.91 Å². The van der Waals surface area contributed by atoms with Gasteiger partial charge in [0.05, 0.1) is 35.6 Å². The van der Waals surface area contributed by atoms with Crippen molar-refractivity contribution in [2.24, 2.45) is 7.05 Å². The number of aromatic nitrogens is 1. The number of anilines is 2. The predicted molar refractivity (Wildman–Crippen MR) is 109 cm³/mol. The Balaban J connectivity index is 2.14. The zero-order valence-electron chi connectivity index (χ0n) is 14.1. The lowest BCUT2D eigenvalue weighted by molar-refractivity contribution is 0.0169. The maximum atomic E-state index is 12.7. The quantitative estimate of drug-likeness (QED) is 0.271. The minimum Gasteiger partial charge on any atom is -0.463 e. The molecular formula is C17H15ClIN3O5. The molecule has 10 heteroatoms. The minimum absolute atomic E-state index is 0.0738. The van der Waals surface area contributed by atoms with Crippen LogP contribution in [-0.4, -0.2) is 28.8 Å². The van der Waals surface area contributed by atoms with E-state index in [-0.39, 0.29) is 41.1 Å². The van der Waals surface area contributed by atoms with Crippen molar-refractivity contribution in [1.82, 2.24) is 10.0 Å². The molecule has 1 aromatic carbocycles. The number of nitrogens with zero attached hydrogens (tertiary/aromatic N) is 1. The van der Waals surface area contributed by atoms with Crippen LogP contribution in [0.5, 0.6) is 0 Å². The first-order chi connectivity index (χ1) is 12.9. The van der Waals surface area contributed by atoms with E-state index >= 15 is 0 Å². The van der Waals surface area contributed by atoms with E-state index in [2.05, 4.69) is 33.4 Å². The van der Waals surface area contributed by atoms with Crippen LogP contribution >= 0.6 is 34.2 Å². The number of aliphatic hydroxyl groups is 1. The highest BCUT2D eigenvalue weighted by atomic mass is 127. The minimum atomic E-state index is -0.636. The van der Waals surface area contributed by atoms with Crippen molar-refractivity contribution in [1.29, 1.82) is 0 Å². The molecule has 27 heavy (non-hydrogen) atoms. The number of halogens is 2. The normalized spacial score (nSPS) is 11.0. The average Bonchev–Trinajstić information content (AvgIpc) is 3.11. The molecule has 2 heterocycles. The fraction of sp³-hybridized carbons (Fsp3) is 0.176. The molecule has 3 rings (SSSR count). The third-order valence-electron chi connectivity index (χ3n) is 3.77. The van der Waals surface area contributed by atoms with Crippen molar-refractivity contribution < 1.29 is 19.2 Å². The Hall–Kier alpha value is -2.08. The lowest BCUT2D eigenvalue weighted by Crippen LogP contribution is -2.29. The van der Waals surface area contributed by atoms with Crippen molar-refractivity contribution in [2.45, 2.75) is 0 Å². The van der Waals surface area contributed by atoms with Crippen LogP contribution in [0.4, 0.5) is 11.5 Å². The molecule has 0 fully saturated rings. The zero-order chi connectivity index (χ0) is 19.6. The van der Waals surface area contributed by atoms with Crippen LogP contribution < -0.4 is 16.4 Å². The van der Waals surface area contributed by atoms with E-state index in [1.54, 1.807) is 12.1 Å². The fourth-order valence-corrected chi connectivity index (χ4v) is 3.42. The van der Waals surface area contributed by atoms with E-state index in [9.17, 15) is 9.59 Å². The summed E-state index contributed by atoms with van der Waals surface area (Å²) in [6, 6.07) is 6.82. The maximum absolute atomic E-state index is 12.7. The number of fused-ring (bicyclic) bond motifs is 1. The van der Waals surface area contributed by atoms with Crippen molar-refractivity contribution in [3.8, 4) is 0 Å². The van der Waals surface area contributed by atoms with Gasteiger partial charge < -0.3 is 14.8 Å². The Morgan fingerprint density at radius 3 is 2.89 bits per heavy atom. The smallest absolute Gasteiger partial charge is 0.282 e. The fourth-order valence-electron chi connectivity index (χ4n) is 2.52. The lowest BCUT2D eigenvalue weighted by atomic mass is 10.1. The number of nitrogens with one attached hydrogen (secondary N) is 2. The summed E-state index contributed by atoms with van der Waals surface area (Å²) < 4.78 is 7.62. The second-order valence-corrected chi connectivity index (χ2v) is 7.16. The number of hydroxylamine groups is 1. The SMILES string of the molecule is Cn1c(Nc2ccc(I)cc2Cl)c(C(=O)NOCCO)c2occc2c1=O. The van der Waals surface area contributed by atoms with Crippen LogP contribution in [0.3, 0.4) is 0 Å². The summed E-state index contributed by atoms with van der Waals surface area (Å²) in [5.74, 6) is -0.446. The van der Waals surface area contributed by atoms with Gasteiger partial charge in [-0.2, -0.15) is 0 Å². The van der Waals surface area contributed by atoms with Gasteiger partial charge in [-0.1, -0.05) is 11.6 Å². The molecule has 0 bridgehead atoms. The summed E-state index contributed by atoms with van der Waals surface area (Å²) in [6.07, 6.45) is 1.33. The molecule has 0 spiro atoms. The number of benzene rings is 1. The molecule has 0 aliphatic carbocycles. The number of carbonyl (C=O) groups excluding carboxylic acids is 1. The number of hydrogen-bond donors (Lipinski definition) is 3. The van der Waals surface area contributed by atoms with E-state index in [1.807, 2.05) is 6.07 Å². The lowest BCUT2D eigenvalue weighted by Gasteiger charge is -2.17. The average molecular weight is 504 g/mol. The number of amides is 1. The van der Waals surface area contributed by atoms with E-state index in [4.69, 9.17) is 26.0 Å². The van der Waals surface area contributed by atoms with Gasteiger partial charge in [-0.25, -0.2) is 5.48 Å². The summed E-state index contributed by atoms with van der Waals surface area (Å²) in [6.45, 7) is -0.336. The van der Waals surface area contributed by atoms with Crippen molar-refractivity contribution >= 4 is 62.6 Å². The van der Waals surface area contributed by atoms with Gasteiger partial charge in [-0.15, -0.1) is 0 Å². The molecule has 142 valence electrons. The summed E-state index contributed by atoms with van der Waals surface area (Å²) in [7, 11) is 1.53. The molecule has 3 aromatic rings. The molecule has 0 aliphatic rings. The van der Waals surface area contributed by atoms with E-state index in [0.29, 0.717) is 10.7 Å². The highest BCUT2D eigenvalue weighted by Gasteiger charge is 2.24. The van der Waals surface area contributed by atoms with E-state index in [1.165, 1.54) is 23.9 Å². The number of furan rings is 1. The molecule has 1 amide bonds. The number of carbonyl (C=O) groups is 1. The van der Waals surface area contributed by atoms with Gasteiger partial charge in [0, 0.05) is 10.6 Å².